The number of rotatable bonds is 8. The SMILES string of the molecule is Cc1[nH]c(S[C@H](C)C(=O)Nc2cccc(S(=O)(=O)N3CCCCC3)c2)nc1Cc1ccccc1. The largest absolute Gasteiger partial charge is 0.337 e. The lowest BCUT2D eigenvalue weighted by atomic mass is 10.1. The fraction of sp³-hybridized carbons (Fsp3) is 0.360. The first kappa shape index (κ1) is 24.5. The normalized spacial score (nSPS) is 15.7. The molecule has 0 radical (unpaired) electrons. The standard InChI is InChI=1S/C25H30N4O3S2/c1-18-23(16-20-10-5-3-6-11-20)28-25(26-18)33-19(2)24(30)27-21-12-9-13-22(17-21)34(31,32)29-14-7-4-8-15-29/h3,5-6,9-13,17,19H,4,7-8,14-16H2,1-2H3,(H,26,28)(H,27,30)/t19-/m1/s1. The molecule has 7 nitrogen and oxygen atoms in total. The van der Waals surface area contributed by atoms with Crippen molar-refractivity contribution in [2.24, 2.45) is 0 Å². The highest BCUT2D eigenvalue weighted by Crippen LogP contribution is 2.26. The number of nitrogens with one attached hydrogen (secondary N) is 2. The van der Waals surface area contributed by atoms with E-state index in [1.807, 2.05) is 32.0 Å². The number of aryl methyl sites for hydroxylation is 1. The average Bonchev–Trinajstić information content (AvgIpc) is 3.18. The zero-order valence-corrected chi connectivity index (χ0v) is 21.1. The number of aromatic nitrogens is 2. The first-order valence-electron chi connectivity index (χ1n) is 11.5. The third kappa shape index (κ3) is 5.89. The average molecular weight is 499 g/mol. The van der Waals surface area contributed by atoms with Crippen molar-refractivity contribution in [1.82, 2.24) is 14.3 Å². The summed E-state index contributed by atoms with van der Waals surface area (Å²) in [6.45, 7) is 4.88. The molecule has 1 aliphatic rings. The van der Waals surface area contributed by atoms with Gasteiger partial charge in [0.2, 0.25) is 15.9 Å². The lowest BCUT2D eigenvalue weighted by molar-refractivity contribution is -0.115. The van der Waals surface area contributed by atoms with Gasteiger partial charge in [-0.1, -0.05) is 54.6 Å². The minimum atomic E-state index is -3.56. The third-order valence-corrected chi connectivity index (χ3v) is 8.77. The molecule has 2 heterocycles. The van der Waals surface area contributed by atoms with Crippen LogP contribution >= 0.6 is 11.8 Å². The Balaban J connectivity index is 1.39. The van der Waals surface area contributed by atoms with Crippen molar-refractivity contribution in [2.75, 3.05) is 18.4 Å². The van der Waals surface area contributed by atoms with E-state index in [-0.39, 0.29) is 10.8 Å². The van der Waals surface area contributed by atoms with Crippen molar-refractivity contribution in [1.29, 1.82) is 0 Å². The van der Waals surface area contributed by atoms with E-state index in [2.05, 4.69) is 27.4 Å². The molecule has 180 valence electrons. The van der Waals surface area contributed by atoms with Gasteiger partial charge in [0.25, 0.3) is 0 Å². The van der Waals surface area contributed by atoms with Crippen molar-refractivity contribution in [3.63, 3.8) is 0 Å². The Kier molecular flexibility index (Phi) is 7.75. The Morgan fingerprint density at radius 1 is 1.12 bits per heavy atom. The second-order valence-electron chi connectivity index (χ2n) is 8.52. The number of aromatic amines is 1. The smallest absolute Gasteiger partial charge is 0.243 e. The van der Waals surface area contributed by atoms with Gasteiger partial charge < -0.3 is 10.3 Å². The van der Waals surface area contributed by atoms with Crippen molar-refractivity contribution < 1.29 is 13.2 Å². The minimum Gasteiger partial charge on any atom is -0.337 e. The molecule has 1 amide bonds. The molecule has 0 bridgehead atoms. The van der Waals surface area contributed by atoms with E-state index in [4.69, 9.17) is 0 Å². The second-order valence-corrected chi connectivity index (χ2v) is 11.8. The summed E-state index contributed by atoms with van der Waals surface area (Å²) in [4.78, 5) is 21.0. The maximum atomic E-state index is 13.0. The second kappa shape index (κ2) is 10.8. The predicted molar refractivity (Wildman–Crippen MR) is 136 cm³/mol. The maximum Gasteiger partial charge on any atom is 0.243 e. The summed E-state index contributed by atoms with van der Waals surface area (Å²) >= 11 is 1.34. The summed E-state index contributed by atoms with van der Waals surface area (Å²) in [5.41, 5.74) is 3.58. The highest BCUT2D eigenvalue weighted by atomic mass is 32.2. The molecule has 3 aromatic rings. The first-order valence-corrected chi connectivity index (χ1v) is 13.8. The number of hydrogen-bond acceptors (Lipinski definition) is 5. The van der Waals surface area contributed by atoms with Crippen LogP contribution in [0.1, 0.15) is 43.1 Å². The van der Waals surface area contributed by atoms with Gasteiger partial charge in [0.05, 0.1) is 15.8 Å². The molecule has 4 rings (SSSR count). The van der Waals surface area contributed by atoms with Gasteiger partial charge >= 0.3 is 0 Å². The van der Waals surface area contributed by atoms with Gasteiger partial charge in [-0.25, -0.2) is 13.4 Å². The zero-order valence-electron chi connectivity index (χ0n) is 19.5. The summed E-state index contributed by atoms with van der Waals surface area (Å²) in [6, 6.07) is 16.6. The van der Waals surface area contributed by atoms with Crippen LogP contribution in [0.2, 0.25) is 0 Å². The predicted octanol–water partition coefficient (Wildman–Crippen LogP) is 4.60. The summed E-state index contributed by atoms with van der Waals surface area (Å²) in [5, 5.41) is 3.12. The number of anilines is 1. The monoisotopic (exact) mass is 498 g/mol. The van der Waals surface area contributed by atoms with Gasteiger partial charge in [-0.3, -0.25) is 4.79 Å². The van der Waals surface area contributed by atoms with E-state index in [1.165, 1.54) is 27.7 Å². The number of carbonyl (C=O) groups is 1. The molecule has 9 heteroatoms. The Hall–Kier alpha value is -2.62. The van der Waals surface area contributed by atoms with Crippen LogP contribution in [0.3, 0.4) is 0 Å². The summed E-state index contributed by atoms with van der Waals surface area (Å²) in [5.74, 6) is -0.212. The molecule has 2 N–H and O–H groups in total. The molecule has 2 aromatic carbocycles. The molecule has 0 unspecified atom stereocenters. The number of nitrogens with zero attached hydrogens (tertiary/aromatic N) is 2. The third-order valence-electron chi connectivity index (χ3n) is 5.89. The van der Waals surface area contributed by atoms with Crippen molar-refractivity contribution in [2.45, 2.75) is 54.8 Å². The lowest BCUT2D eigenvalue weighted by Gasteiger charge is -2.26. The molecular formula is C25H30N4O3S2. The van der Waals surface area contributed by atoms with Crippen LogP contribution in [-0.4, -0.2) is 46.9 Å². The Morgan fingerprint density at radius 2 is 1.85 bits per heavy atom. The van der Waals surface area contributed by atoms with Gasteiger partial charge in [0.15, 0.2) is 5.16 Å². The van der Waals surface area contributed by atoms with Crippen LogP contribution in [-0.2, 0) is 21.2 Å². The van der Waals surface area contributed by atoms with E-state index in [0.29, 0.717) is 23.9 Å². The first-order chi connectivity index (χ1) is 16.3. The van der Waals surface area contributed by atoms with E-state index in [0.717, 1.165) is 37.1 Å². The Morgan fingerprint density at radius 3 is 2.59 bits per heavy atom. The fourth-order valence-corrected chi connectivity index (χ4v) is 6.38. The van der Waals surface area contributed by atoms with Crippen LogP contribution in [0.4, 0.5) is 5.69 Å². The zero-order chi connectivity index (χ0) is 24.1. The number of sulfonamides is 1. The van der Waals surface area contributed by atoms with Gasteiger partial charge in [-0.05, 0) is 50.5 Å². The van der Waals surface area contributed by atoms with Gasteiger partial charge in [0.1, 0.15) is 0 Å². The topological polar surface area (TPSA) is 95.2 Å². The molecule has 1 atom stereocenters. The van der Waals surface area contributed by atoms with E-state index in [9.17, 15) is 13.2 Å². The summed E-state index contributed by atoms with van der Waals surface area (Å²) < 4.78 is 27.5. The molecule has 1 aromatic heterocycles. The van der Waals surface area contributed by atoms with Gasteiger partial charge in [0, 0.05) is 30.9 Å². The number of hydrogen-bond donors (Lipinski definition) is 2. The van der Waals surface area contributed by atoms with Crippen molar-refractivity contribution >= 4 is 33.4 Å². The molecule has 0 spiro atoms. The molecule has 1 saturated heterocycles. The Bertz CT molecular complexity index is 1240. The highest BCUT2D eigenvalue weighted by molar-refractivity contribution is 8.00. The number of piperidine rings is 1. The number of imidazole rings is 1. The molecular weight excluding hydrogens is 468 g/mol. The molecule has 34 heavy (non-hydrogen) atoms. The van der Waals surface area contributed by atoms with Crippen molar-refractivity contribution in [3.05, 3.63) is 71.5 Å². The van der Waals surface area contributed by atoms with E-state index in [1.54, 1.807) is 18.2 Å². The summed E-state index contributed by atoms with van der Waals surface area (Å²) in [6.07, 6.45) is 3.54. The maximum absolute atomic E-state index is 13.0. The van der Waals surface area contributed by atoms with Crippen LogP contribution < -0.4 is 5.32 Å². The number of carbonyl (C=O) groups excluding carboxylic acids is 1. The fourth-order valence-electron chi connectivity index (χ4n) is 3.94. The number of benzene rings is 2. The molecule has 0 aliphatic carbocycles. The molecule has 1 fully saturated rings. The Labute approximate surface area is 205 Å². The molecule has 0 saturated carbocycles. The van der Waals surface area contributed by atoms with E-state index < -0.39 is 15.3 Å². The quantitative estimate of drug-likeness (QED) is 0.443. The highest BCUT2D eigenvalue weighted by Gasteiger charge is 2.26. The van der Waals surface area contributed by atoms with Gasteiger partial charge in [-0.2, -0.15) is 4.31 Å². The van der Waals surface area contributed by atoms with Crippen LogP contribution in [0.5, 0.6) is 0 Å². The lowest BCUT2D eigenvalue weighted by Crippen LogP contribution is -2.35. The summed E-state index contributed by atoms with van der Waals surface area (Å²) in [7, 11) is -3.56. The van der Waals surface area contributed by atoms with Crippen LogP contribution in [0.15, 0.2) is 64.6 Å². The number of H-pyrrole nitrogens is 1. The number of amides is 1. The van der Waals surface area contributed by atoms with Gasteiger partial charge in [-0.15, -0.1) is 0 Å². The van der Waals surface area contributed by atoms with Crippen molar-refractivity contribution in [3.8, 4) is 0 Å². The minimum absolute atomic E-state index is 0.208. The van der Waals surface area contributed by atoms with Crippen LogP contribution in [0, 0.1) is 6.92 Å². The van der Waals surface area contributed by atoms with Crippen LogP contribution in [0.25, 0.3) is 0 Å². The van der Waals surface area contributed by atoms with E-state index >= 15 is 0 Å². The molecule has 1 aliphatic heterocycles. The number of thioether (sulfide) groups is 1.